The zero-order valence-electron chi connectivity index (χ0n) is 10.5. The number of nitrogens with zero attached hydrogens (tertiary/aromatic N) is 1. The lowest BCUT2D eigenvalue weighted by Crippen LogP contribution is -2.28. The summed E-state index contributed by atoms with van der Waals surface area (Å²) in [5.74, 6) is 0. The average Bonchev–Trinajstić information content (AvgIpc) is 2.95. The summed E-state index contributed by atoms with van der Waals surface area (Å²) < 4.78 is 1.21. The SMILES string of the molecule is CCCC1(c2nc3ccc(Cl)cc3s2)CCNC1. The van der Waals surface area contributed by atoms with E-state index in [9.17, 15) is 0 Å². The van der Waals surface area contributed by atoms with Gasteiger partial charge in [-0.1, -0.05) is 24.9 Å². The van der Waals surface area contributed by atoms with Crippen LogP contribution in [0.2, 0.25) is 5.02 Å². The summed E-state index contributed by atoms with van der Waals surface area (Å²) in [7, 11) is 0. The number of nitrogens with one attached hydrogen (secondary N) is 1. The molecule has 1 aromatic carbocycles. The van der Waals surface area contributed by atoms with Crippen LogP contribution in [-0.2, 0) is 5.41 Å². The minimum Gasteiger partial charge on any atom is -0.316 e. The molecule has 0 radical (unpaired) electrons. The van der Waals surface area contributed by atoms with Crippen LogP contribution in [0.1, 0.15) is 31.2 Å². The van der Waals surface area contributed by atoms with Crippen LogP contribution < -0.4 is 5.32 Å². The van der Waals surface area contributed by atoms with Crippen molar-refractivity contribution in [3.05, 3.63) is 28.2 Å². The fraction of sp³-hybridized carbons (Fsp3) is 0.500. The Labute approximate surface area is 116 Å². The Kier molecular flexibility index (Phi) is 3.31. The summed E-state index contributed by atoms with van der Waals surface area (Å²) in [5, 5.41) is 5.57. The zero-order valence-corrected chi connectivity index (χ0v) is 12.1. The molecule has 1 saturated heterocycles. The first-order valence-corrected chi connectivity index (χ1v) is 7.70. The molecule has 0 aliphatic carbocycles. The molecule has 1 fully saturated rings. The van der Waals surface area contributed by atoms with E-state index in [-0.39, 0.29) is 5.41 Å². The first kappa shape index (κ1) is 12.4. The van der Waals surface area contributed by atoms with Crippen molar-refractivity contribution in [2.75, 3.05) is 13.1 Å². The monoisotopic (exact) mass is 280 g/mol. The maximum Gasteiger partial charge on any atom is 0.101 e. The predicted octanol–water partition coefficient (Wildman–Crippen LogP) is 3.98. The topological polar surface area (TPSA) is 24.9 Å². The van der Waals surface area contributed by atoms with E-state index >= 15 is 0 Å². The Bertz CT molecular complexity index is 558. The third-order valence-corrected chi connectivity index (χ3v) is 5.28. The molecule has 1 atom stereocenters. The van der Waals surface area contributed by atoms with Gasteiger partial charge in [0, 0.05) is 17.0 Å². The number of hydrogen-bond acceptors (Lipinski definition) is 3. The molecule has 18 heavy (non-hydrogen) atoms. The lowest BCUT2D eigenvalue weighted by Gasteiger charge is -2.24. The van der Waals surface area contributed by atoms with E-state index < -0.39 is 0 Å². The molecule has 1 N–H and O–H groups in total. The van der Waals surface area contributed by atoms with Gasteiger partial charge >= 0.3 is 0 Å². The van der Waals surface area contributed by atoms with Gasteiger partial charge in [-0.2, -0.15) is 0 Å². The molecule has 1 aromatic heterocycles. The normalized spacial score (nSPS) is 23.9. The summed E-state index contributed by atoms with van der Waals surface area (Å²) in [6, 6.07) is 5.98. The standard InChI is InChI=1S/C14H17ClN2S/c1-2-5-14(6-7-16-9-14)13-17-11-4-3-10(15)8-12(11)18-13/h3-4,8,16H,2,5-7,9H2,1H3. The van der Waals surface area contributed by atoms with E-state index in [0.717, 1.165) is 23.6 Å². The highest BCUT2D eigenvalue weighted by atomic mass is 35.5. The molecule has 2 heterocycles. The molecule has 0 bridgehead atoms. The molecule has 96 valence electrons. The van der Waals surface area contributed by atoms with Crippen molar-refractivity contribution in [2.24, 2.45) is 0 Å². The van der Waals surface area contributed by atoms with Gasteiger partial charge < -0.3 is 5.32 Å². The molecule has 0 amide bonds. The van der Waals surface area contributed by atoms with Crippen LogP contribution in [-0.4, -0.2) is 18.1 Å². The maximum atomic E-state index is 6.05. The molecule has 4 heteroatoms. The number of benzene rings is 1. The summed E-state index contributed by atoms with van der Waals surface area (Å²) in [5.41, 5.74) is 1.34. The van der Waals surface area contributed by atoms with Gasteiger partial charge in [0.1, 0.15) is 5.01 Å². The van der Waals surface area contributed by atoms with E-state index in [2.05, 4.69) is 12.2 Å². The van der Waals surface area contributed by atoms with Crippen LogP contribution in [0, 0.1) is 0 Å². The van der Waals surface area contributed by atoms with Crippen molar-refractivity contribution in [2.45, 2.75) is 31.6 Å². The van der Waals surface area contributed by atoms with Crippen LogP contribution in [0.3, 0.4) is 0 Å². The lowest BCUT2D eigenvalue weighted by molar-refractivity contribution is 0.426. The second-order valence-electron chi connectivity index (χ2n) is 5.09. The maximum absolute atomic E-state index is 6.05. The fourth-order valence-electron chi connectivity index (χ4n) is 2.85. The third-order valence-electron chi connectivity index (χ3n) is 3.78. The van der Waals surface area contributed by atoms with E-state index in [0.29, 0.717) is 0 Å². The smallest absolute Gasteiger partial charge is 0.101 e. The number of hydrogen-bond donors (Lipinski definition) is 1. The van der Waals surface area contributed by atoms with Crippen molar-refractivity contribution in [3.63, 3.8) is 0 Å². The number of aromatic nitrogens is 1. The Balaban J connectivity index is 2.06. The molecule has 1 aliphatic heterocycles. The predicted molar refractivity (Wildman–Crippen MR) is 78.7 cm³/mol. The minimum atomic E-state index is 0.255. The van der Waals surface area contributed by atoms with Gasteiger partial charge in [0.25, 0.3) is 0 Å². The molecule has 0 saturated carbocycles. The van der Waals surface area contributed by atoms with Gasteiger partial charge in [-0.25, -0.2) is 4.98 Å². The molecule has 1 unspecified atom stereocenters. The molecule has 0 spiro atoms. The van der Waals surface area contributed by atoms with Gasteiger partial charge in [0.2, 0.25) is 0 Å². The Hall–Kier alpha value is -0.640. The van der Waals surface area contributed by atoms with Gasteiger partial charge in [0.15, 0.2) is 0 Å². The summed E-state index contributed by atoms with van der Waals surface area (Å²) in [4.78, 5) is 4.85. The van der Waals surface area contributed by atoms with E-state index in [1.807, 2.05) is 29.5 Å². The first-order chi connectivity index (χ1) is 8.73. The van der Waals surface area contributed by atoms with Gasteiger partial charge in [-0.15, -0.1) is 11.3 Å². The molecular weight excluding hydrogens is 264 g/mol. The molecule has 1 aliphatic rings. The van der Waals surface area contributed by atoms with Crippen LogP contribution >= 0.6 is 22.9 Å². The fourth-order valence-corrected chi connectivity index (χ4v) is 4.34. The third kappa shape index (κ3) is 2.04. The van der Waals surface area contributed by atoms with Crippen molar-refractivity contribution >= 4 is 33.2 Å². The van der Waals surface area contributed by atoms with Crippen molar-refractivity contribution in [1.82, 2.24) is 10.3 Å². The zero-order chi connectivity index (χ0) is 12.6. The van der Waals surface area contributed by atoms with Crippen LogP contribution in [0.5, 0.6) is 0 Å². The summed E-state index contributed by atoms with van der Waals surface area (Å²) in [6.07, 6.45) is 3.63. The Morgan fingerprint density at radius 1 is 1.50 bits per heavy atom. The molecular formula is C14H17ClN2S. The lowest BCUT2D eigenvalue weighted by atomic mass is 9.83. The van der Waals surface area contributed by atoms with Crippen molar-refractivity contribution in [3.8, 4) is 0 Å². The molecule has 3 rings (SSSR count). The Morgan fingerprint density at radius 2 is 2.39 bits per heavy atom. The largest absolute Gasteiger partial charge is 0.316 e. The Morgan fingerprint density at radius 3 is 3.11 bits per heavy atom. The second kappa shape index (κ2) is 4.80. The highest BCUT2D eigenvalue weighted by Crippen LogP contribution is 2.39. The van der Waals surface area contributed by atoms with E-state index in [1.54, 1.807) is 0 Å². The van der Waals surface area contributed by atoms with E-state index in [4.69, 9.17) is 16.6 Å². The number of halogens is 1. The number of thiazole rings is 1. The van der Waals surface area contributed by atoms with Crippen LogP contribution in [0.25, 0.3) is 10.2 Å². The molecule has 2 nitrogen and oxygen atoms in total. The van der Waals surface area contributed by atoms with Gasteiger partial charge in [-0.3, -0.25) is 0 Å². The minimum absolute atomic E-state index is 0.255. The number of rotatable bonds is 3. The van der Waals surface area contributed by atoms with Crippen molar-refractivity contribution in [1.29, 1.82) is 0 Å². The molecule has 2 aromatic rings. The van der Waals surface area contributed by atoms with E-state index in [1.165, 1.54) is 29.0 Å². The van der Waals surface area contributed by atoms with Gasteiger partial charge in [0.05, 0.1) is 10.2 Å². The highest BCUT2D eigenvalue weighted by molar-refractivity contribution is 7.18. The second-order valence-corrected chi connectivity index (χ2v) is 6.56. The van der Waals surface area contributed by atoms with Crippen LogP contribution in [0.4, 0.5) is 0 Å². The van der Waals surface area contributed by atoms with Gasteiger partial charge in [-0.05, 0) is 37.6 Å². The van der Waals surface area contributed by atoms with Crippen molar-refractivity contribution < 1.29 is 0 Å². The highest BCUT2D eigenvalue weighted by Gasteiger charge is 2.37. The van der Waals surface area contributed by atoms with Crippen LogP contribution in [0.15, 0.2) is 18.2 Å². The first-order valence-electron chi connectivity index (χ1n) is 6.51. The quantitative estimate of drug-likeness (QED) is 0.920. The summed E-state index contributed by atoms with van der Waals surface area (Å²) in [6.45, 7) is 4.43. The number of fused-ring (bicyclic) bond motifs is 1. The average molecular weight is 281 g/mol. The summed E-state index contributed by atoms with van der Waals surface area (Å²) >= 11 is 7.86.